The molecule has 2 aliphatic heterocycles. The van der Waals surface area contributed by atoms with Crippen LogP contribution in [0.15, 0.2) is 36.0 Å². The Kier molecular flexibility index (Phi) is 7.16. The number of piperidine rings is 1. The molecular formula is C23H29F3N4O3. The van der Waals surface area contributed by atoms with Crippen LogP contribution in [0.3, 0.4) is 0 Å². The van der Waals surface area contributed by atoms with Gasteiger partial charge in [0.1, 0.15) is 5.41 Å². The molecule has 2 atom stereocenters. The number of carbonyl (C=O) groups excluding carboxylic acids is 3. The Bertz CT molecular complexity index is 963. The number of likely N-dealkylation sites (tertiary alicyclic amines) is 1. The number of benzene rings is 1. The average molecular weight is 467 g/mol. The van der Waals surface area contributed by atoms with Crippen molar-refractivity contribution in [1.82, 2.24) is 4.90 Å². The number of anilines is 1. The van der Waals surface area contributed by atoms with E-state index in [4.69, 9.17) is 11.5 Å². The van der Waals surface area contributed by atoms with Crippen LogP contribution < -0.4 is 16.4 Å². The van der Waals surface area contributed by atoms with E-state index in [0.29, 0.717) is 19.0 Å². The van der Waals surface area contributed by atoms with E-state index in [2.05, 4.69) is 11.8 Å². The molecule has 180 valence electrons. The highest BCUT2D eigenvalue weighted by atomic mass is 19.4. The molecule has 1 aromatic carbocycles. The van der Waals surface area contributed by atoms with E-state index in [1.807, 2.05) is 0 Å². The minimum atomic E-state index is -4.63. The second kappa shape index (κ2) is 9.54. The van der Waals surface area contributed by atoms with Crippen molar-refractivity contribution in [1.29, 1.82) is 0 Å². The topological polar surface area (TPSA) is 110 Å². The maximum Gasteiger partial charge on any atom is 0.416 e. The standard InChI is InChI=1S/C23H29F3N4O3/c1-15-6-2-3-10-29(15)11-5-9-22(20(28)32)13-16(19(27)31)14-30(21(22)33)18-8-4-7-17(12-18)23(24,25)26/h4,7-8,12,14-15H,2-3,5-6,9-11,13H2,1H3,(H2,27,31)(H2,28,32). The van der Waals surface area contributed by atoms with E-state index < -0.39 is 34.9 Å². The highest BCUT2D eigenvalue weighted by Gasteiger charge is 2.50. The van der Waals surface area contributed by atoms with Crippen molar-refractivity contribution in [2.75, 3.05) is 18.0 Å². The van der Waals surface area contributed by atoms with Gasteiger partial charge in [0, 0.05) is 29.9 Å². The Hall–Kier alpha value is -2.88. The van der Waals surface area contributed by atoms with E-state index in [1.165, 1.54) is 6.07 Å². The summed E-state index contributed by atoms with van der Waals surface area (Å²) in [4.78, 5) is 41.3. The van der Waals surface area contributed by atoms with Gasteiger partial charge in [-0.15, -0.1) is 0 Å². The zero-order valence-corrected chi connectivity index (χ0v) is 18.5. The fourth-order valence-corrected chi connectivity index (χ4v) is 4.65. The van der Waals surface area contributed by atoms with Crippen LogP contribution in [0.25, 0.3) is 0 Å². The molecular weight excluding hydrogens is 437 g/mol. The van der Waals surface area contributed by atoms with Crippen molar-refractivity contribution < 1.29 is 27.6 Å². The van der Waals surface area contributed by atoms with E-state index >= 15 is 0 Å². The number of hydrogen-bond donors (Lipinski definition) is 2. The number of carbonyl (C=O) groups is 3. The molecule has 2 heterocycles. The van der Waals surface area contributed by atoms with Gasteiger partial charge in [-0.1, -0.05) is 12.5 Å². The first-order chi connectivity index (χ1) is 15.5. The minimum absolute atomic E-state index is 0.0443. The molecule has 2 aliphatic rings. The first kappa shape index (κ1) is 24.8. The molecule has 1 aromatic rings. The highest BCUT2D eigenvalue weighted by molar-refractivity contribution is 6.15. The molecule has 3 rings (SSSR count). The summed E-state index contributed by atoms with van der Waals surface area (Å²) in [6, 6.07) is 4.50. The molecule has 0 bridgehead atoms. The predicted octanol–water partition coefficient (Wildman–Crippen LogP) is 2.94. The SMILES string of the molecule is CC1CCCCN1CCCC1(C(N)=O)CC(C(N)=O)=CN(c2cccc(C(F)(F)F)c2)C1=O. The lowest BCUT2D eigenvalue weighted by Gasteiger charge is -2.39. The van der Waals surface area contributed by atoms with Crippen LogP contribution in [-0.2, 0) is 20.6 Å². The summed E-state index contributed by atoms with van der Waals surface area (Å²) >= 11 is 0. The van der Waals surface area contributed by atoms with E-state index in [9.17, 15) is 27.6 Å². The molecule has 0 saturated carbocycles. The average Bonchev–Trinajstić information content (AvgIpc) is 2.75. The Balaban J connectivity index is 1.93. The van der Waals surface area contributed by atoms with Crippen LogP contribution in [0, 0.1) is 5.41 Å². The Morgan fingerprint density at radius 1 is 1.21 bits per heavy atom. The number of amides is 3. The Morgan fingerprint density at radius 3 is 2.55 bits per heavy atom. The number of primary amides is 2. The molecule has 1 fully saturated rings. The molecule has 10 heteroatoms. The summed E-state index contributed by atoms with van der Waals surface area (Å²) < 4.78 is 39.7. The van der Waals surface area contributed by atoms with Gasteiger partial charge in [-0.25, -0.2) is 0 Å². The monoisotopic (exact) mass is 466 g/mol. The van der Waals surface area contributed by atoms with E-state index in [0.717, 1.165) is 55.1 Å². The van der Waals surface area contributed by atoms with Crippen molar-refractivity contribution in [2.24, 2.45) is 16.9 Å². The summed E-state index contributed by atoms with van der Waals surface area (Å²) in [5.74, 6) is -2.55. The van der Waals surface area contributed by atoms with Crippen LogP contribution in [0.5, 0.6) is 0 Å². The first-order valence-electron chi connectivity index (χ1n) is 11.0. The summed E-state index contributed by atoms with van der Waals surface area (Å²) in [7, 11) is 0. The van der Waals surface area contributed by atoms with E-state index in [1.54, 1.807) is 0 Å². The number of alkyl halides is 3. The van der Waals surface area contributed by atoms with Gasteiger partial charge in [0.15, 0.2) is 0 Å². The fraction of sp³-hybridized carbons (Fsp3) is 0.522. The molecule has 0 aromatic heterocycles. The second-order valence-corrected chi connectivity index (χ2v) is 8.85. The first-order valence-corrected chi connectivity index (χ1v) is 11.0. The third-order valence-electron chi connectivity index (χ3n) is 6.63. The van der Waals surface area contributed by atoms with Crippen molar-refractivity contribution in [2.45, 2.75) is 57.7 Å². The molecule has 0 spiro atoms. The van der Waals surface area contributed by atoms with E-state index in [-0.39, 0.29) is 24.1 Å². The van der Waals surface area contributed by atoms with Gasteiger partial charge in [0.05, 0.1) is 5.56 Å². The summed E-state index contributed by atoms with van der Waals surface area (Å²) in [5, 5.41) is 0. The molecule has 7 nitrogen and oxygen atoms in total. The Labute approximate surface area is 190 Å². The van der Waals surface area contributed by atoms with Gasteiger partial charge in [-0.05, 0) is 63.9 Å². The molecule has 4 N–H and O–H groups in total. The zero-order valence-electron chi connectivity index (χ0n) is 18.5. The summed E-state index contributed by atoms with van der Waals surface area (Å²) in [5.41, 5.74) is 8.23. The summed E-state index contributed by atoms with van der Waals surface area (Å²) in [6.07, 6.45) is 0.0124. The molecule has 1 saturated heterocycles. The van der Waals surface area contributed by atoms with Gasteiger partial charge >= 0.3 is 6.18 Å². The molecule has 0 radical (unpaired) electrons. The largest absolute Gasteiger partial charge is 0.416 e. The maximum atomic E-state index is 13.5. The lowest BCUT2D eigenvalue weighted by molar-refractivity contribution is -0.141. The van der Waals surface area contributed by atoms with Crippen molar-refractivity contribution in [3.63, 3.8) is 0 Å². The smallest absolute Gasteiger partial charge is 0.369 e. The lowest BCUT2D eigenvalue weighted by atomic mass is 9.73. The van der Waals surface area contributed by atoms with Crippen LogP contribution in [0.2, 0.25) is 0 Å². The third-order valence-corrected chi connectivity index (χ3v) is 6.63. The zero-order chi connectivity index (χ0) is 24.4. The number of hydrogen-bond acceptors (Lipinski definition) is 4. The van der Waals surface area contributed by atoms with Gasteiger partial charge in [-0.2, -0.15) is 13.2 Å². The highest BCUT2D eigenvalue weighted by Crippen LogP contribution is 2.41. The quantitative estimate of drug-likeness (QED) is 0.602. The van der Waals surface area contributed by atoms with Crippen molar-refractivity contribution in [3.05, 3.63) is 41.6 Å². The normalized spacial score (nSPS) is 24.5. The number of nitrogens with zero attached hydrogens (tertiary/aromatic N) is 2. The van der Waals surface area contributed by atoms with Crippen LogP contribution in [-0.4, -0.2) is 41.8 Å². The number of nitrogens with two attached hydrogens (primary N) is 2. The maximum absolute atomic E-state index is 13.5. The van der Waals surface area contributed by atoms with Crippen LogP contribution in [0.1, 0.15) is 51.0 Å². The van der Waals surface area contributed by atoms with Gasteiger partial charge in [0.25, 0.3) is 0 Å². The third kappa shape index (κ3) is 5.21. The van der Waals surface area contributed by atoms with Crippen LogP contribution >= 0.6 is 0 Å². The van der Waals surface area contributed by atoms with Gasteiger partial charge in [0.2, 0.25) is 17.7 Å². The Morgan fingerprint density at radius 2 is 1.94 bits per heavy atom. The number of halogens is 3. The van der Waals surface area contributed by atoms with Gasteiger partial charge in [-0.3, -0.25) is 19.3 Å². The minimum Gasteiger partial charge on any atom is -0.369 e. The van der Waals surface area contributed by atoms with Crippen molar-refractivity contribution in [3.8, 4) is 0 Å². The van der Waals surface area contributed by atoms with Crippen LogP contribution in [0.4, 0.5) is 18.9 Å². The molecule has 3 amide bonds. The number of rotatable bonds is 7. The van der Waals surface area contributed by atoms with Crippen molar-refractivity contribution >= 4 is 23.4 Å². The second-order valence-electron chi connectivity index (χ2n) is 8.85. The molecule has 0 aliphatic carbocycles. The predicted molar refractivity (Wildman–Crippen MR) is 117 cm³/mol. The van der Waals surface area contributed by atoms with Gasteiger partial charge < -0.3 is 16.4 Å². The summed E-state index contributed by atoms with van der Waals surface area (Å²) in [6.45, 7) is 3.68. The molecule has 33 heavy (non-hydrogen) atoms. The lowest BCUT2D eigenvalue weighted by Crippen LogP contribution is -2.54. The molecule has 2 unspecified atom stereocenters. The fourth-order valence-electron chi connectivity index (χ4n) is 4.65.